The number of carbonyl (C=O) groups is 1. The highest BCUT2D eigenvalue weighted by Gasteiger charge is 2.05. The quantitative estimate of drug-likeness (QED) is 0.643. The van der Waals surface area contributed by atoms with Crippen molar-refractivity contribution < 1.29 is 9.53 Å². The lowest BCUT2D eigenvalue weighted by atomic mass is 10.2. The number of hydrogen-bond acceptors (Lipinski definition) is 5. The summed E-state index contributed by atoms with van der Waals surface area (Å²) in [5.74, 6) is 0.858. The van der Waals surface area contributed by atoms with Crippen molar-refractivity contribution in [3.63, 3.8) is 0 Å². The lowest BCUT2D eigenvalue weighted by molar-refractivity contribution is -0.116. The molecule has 0 aliphatic rings. The molecule has 2 aromatic carbocycles. The Bertz CT molecular complexity index is 817. The minimum Gasteiger partial charge on any atom is -0.493 e. The van der Waals surface area contributed by atoms with Crippen LogP contribution < -0.4 is 10.1 Å². The molecule has 0 saturated carbocycles. The van der Waals surface area contributed by atoms with Crippen molar-refractivity contribution >= 4 is 23.1 Å². The highest BCUT2D eigenvalue weighted by Crippen LogP contribution is 2.23. The van der Waals surface area contributed by atoms with E-state index in [1.165, 1.54) is 11.5 Å². The predicted octanol–water partition coefficient (Wildman–Crippen LogP) is 4.31. The smallest absolute Gasteiger partial charge is 0.224 e. The third-order valence-electron chi connectivity index (χ3n) is 3.71. The number of nitrogens with one attached hydrogen (secondary N) is 1. The molecule has 3 aromatic rings. The van der Waals surface area contributed by atoms with Gasteiger partial charge < -0.3 is 10.1 Å². The van der Waals surface area contributed by atoms with E-state index >= 15 is 0 Å². The molecule has 0 fully saturated rings. The molecule has 0 aliphatic heterocycles. The van der Waals surface area contributed by atoms with Gasteiger partial charge in [-0.05, 0) is 54.2 Å². The fraction of sp³-hybridized carbons (Fsp3) is 0.211. The van der Waals surface area contributed by atoms with Crippen LogP contribution in [0.3, 0.4) is 0 Å². The van der Waals surface area contributed by atoms with Crippen LogP contribution in [0.25, 0.3) is 10.4 Å². The van der Waals surface area contributed by atoms with Gasteiger partial charge in [0.05, 0.1) is 17.7 Å². The number of aromatic nitrogens is 2. The number of rotatable bonds is 7. The molecule has 0 saturated heterocycles. The molecule has 1 heterocycles. The van der Waals surface area contributed by atoms with Crippen LogP contribution in [-0.2, 0) is 4.79 Å². The number of benzene rings is 2. The monoisotopic (exact) mass is 353 g/mol. The molecule has 25 heavy (non-hydrogen) atoms. The minimum atomic E-state index is -0.0133. The largest absolute Gasteiger partial charge is 0.493 e. The molecule has 1 N–H and O–H groups in total. The third-order valence-corrected chi connectivity index (χ3v) is 4.43. The Morgan fingerprint density at radius 2 is 1.96 bits per heavy atom. The highest BCUT2D eigenvalue weighted by molar-refractivity contribution is 7.09. The van der Waals surface area contributed by atoms with E-state index in [1.807, 2.05) is 55.5 Å². The second-order valence-corrected chi connectivity index (χ2v) is 6.41. The molecule has 0 unspecified atom stereocenters. The predicted molar refractivity (Wildman–Crippen MR) is 99.9 cm³/mol. The summed E-state index contributed by atoms with van der Waals surface area (Å²) in [7, 11) is 0. The first-order valence-electron chi connectivity index (χ1n) is 8.08. The molecule has 1 aromatic heterocycles. The number of anilines is 1. The summed E-state index contributed by atoms with van der Waals surface area (Å²) in [6, 6.07) is 15.5. The number of para-hydroxylation sites is 1. The highest BCUT2D eigenvalue weighted by atomic mass is 32.1. The normalized spacial score (nSPS) is 10.4. The first kappa shape index (κ1) is 17.1. The Balaban J connectivity index is 1.42. The number of carbonyl (C=O) groups excluding carboxylic acids is 1. The Kier molecular flexibility index (Phi) is 5.74. The fourth-order valence-electron chi connectivity index (χ4n) is 2.37. The van der Waals surface area contributed by atoms with E-state index in [9.17, 15) is 4.79 Å². The molecule has 6 heteroatoms. The molecule has 1 amide bonds. The van der Waals surface area contributed by atoms with Crippen molar-refractivity contribution in [2.45, 2.75) is 19.8 Å². The van der Waals surface area contributed by atoms with Gasteiger partial charge in [0.2, 0.25) is 5.91 Å². The van der Waals surface area contributed by atoms with Gasteiger partial charge in [0.25, 0.3) is 0 Å². The van der Waals surface area contributed by atoms with Crippen molar-refractivity contribution in [1.29, 1.82) is 0 Å². The Hall–Kier alpha value is -2.73. The lowest BCUT2D eigenvalue weighted by Gasteiger charge is -2.09. The van der Waals surface area contributed by atoms with Crippen molar-refractivity contribution in [2.75, 3.05) is 11.9 Å². The third kappa shape index (κ3) is 4.87. The van der Waals surface area contributed by atoms with Crippen LogP contribution in [0.5, 0.6) is 5.75 Å². The summed E-state index contributed by atoms with van der Waals surface area (Å²) in [6.07, 6.45) is 2.82. The summed E-state index contributed by atoms with van der Waals surface area (Å²) in [6.45, 7) is 2.53. The topological polar surface area (TPSA) is 64.1 Å². The summed E-state index contributed by atoms with van der Waals surface area (Å²) < 4.78 is 9.55. The molecule has 0 spiro atoms. The second kappa shape index (κ2) is 8.39. The fourth-order valence-corrected chi connectivity index (χ4v) is 2.89. The zero-order valence-corrected chi connectivity index (χ0v) is 14.8. The van der Waals surface area contributed by atoms with Gasteiger partial charge >= 0.3 is 0 Å². The van der Waals surface area contributed by atoms with E-state index in [0.717, 1.165) is 27.4 Å². The van der Waals surface area contributed by atoms with Gasteiger partial charge in [0.15, 0.2) is 0 Å². The van der Waals surface area contributed by atoms with Gasteiger partial charge in [-0.3, -0.25) is 4.79 Å². The van der Waals surface area contributed by atoms with E-state index in [2.05, 4.69) is 14.9 Å². The Morgan fingerprint density at radius 1 is 1.16 bits per heavy atom. The Morgan fingerprint density at radius 3 is 2.68 bits per heavy atom. The van der Waals surface area contributed by atoms with Crippen LogP contribution in [0.2, 0.25) is 0 Å². The molecular formula is C19H19N3O2S. The van der Waals surface area contributed by atoms with Gasteiger partial charge in [0.1, 0.15) is 5.75 Å². The average molecular weight is 353 g/mol. The van der Waals surface area contributed by atoms with E-state index in [4.69, 9.17) is 4.74 Å². The van der Waals surface area contributed by atoms with Gasteiger partial charge in [-0.2, -0.15) is 0 Å². The zero-order chi connectivity index (χ0) is 17.5. The molecule has 3 rings (SSSR count). The second-order valence-electron chi connectivity index (χ2n) is 5.62. The first-order valence-corrected chi connectivity index (χ1v) is 8.86. The van der Waals surface area contributed by atoms with Gasteiger partial charge in [-0.1, -0.05) is 34.8 Å². The first-order chi connectivity index (χ1) is 12.2. The zero-order valence-electron chi connectivity index (χ0n) is 13.9. The maximum Gasteiger partial charge on any atom is 0.224 e. The number of amides is 1. The maximum absolute atomic E-state index is 12.0. The molecule has 128 valence electrons. The summed E-state index contributed by atoms with van der Waals surface area (Å²) in [5, 5.41) is 6.73. The van der Waals surface area contributed by atoms with E-state index in [1.54, 1.807) is 6.20 Å². The van der Waals surface area contributed by atoms with Gasteiger partial charge in [-0.15, -0.1) is 5.10 Å². The van der Waals surface area contributed by atoms with Crippen LogP contribution in [0.1, 0.15) is 18.4 Å². The van der Waals surface area contributed by atoms with Crippen molar-refractivity contribution in [2.24, 2.45) is 0 Å². The molecule has 0 atom stereocenters. The molecule has 0 radical (unpaired) electrons. The number of hydrogen-bond donors (Lipinski definition) is 1. The van der Waals surface area contributed by atoms with Crippen molar-refractivity contribution in [3.05, 3.63) is 60.3 Å². The number of nitrogens with zero attached hydrogens (tertiary/aromatic N) is 2. The lowest BCUT2D eigenvalue weighted by Crippen LogP contribution is -2.12. The van der Waals surface area contributed by atoms with Crippen LogP contribution in [-0.4, -0.2) is 22.1 Å². The molecule has 0 aliphatic carbocycles. The minimum absolute atomic E-state index is 0.0133. The van der Waals surface area contributed by atoms with Crippen molar-refractivity contribution in [3.8, 4) is 16.2 Å². The van der Waals surface area contributed by atoms with Crippen LogP contribution in [0.15, 0.2) is 54.7 Å². The van der Waals surface area contributed by atoms with E-state index < -0.39 is 0 Å². The molecular weight excluding hydrogens is 334 g/mol. The van der Waals surface area contributed by atoms with Crippen LogP contribution >= 0.6 is 11.5 Å². The van der Waals surface area contributed by atoms with Crippen LogP contribution in [0, 0.1) is 6.92 Å². The van der Waals surface area contributed by atoms with E-state index in [-0.39, 0.29) is 5.91 Å². The average Bonchev–Trinajstić information content (AvgIpc) is 3.15. The van der Waals surface area contributed by atoms with E-state index in [0.29, 0.717) is 19.4 Å². The summed E-state index contributed by atoms with van der Waals surface area (Å²) in [5.41, 5.74) is 2.92. The van der Waals surface area contributed by atoms with Gasteiger partial charge in [-0.25, -0.2) is 0 Å². The summed E-state index contributed by atoms with van der Waals surface area (Å²) >= 11 is 1.35. The Labute approximate surface area is 150 Å². The number of aryl methyl sites for hydroxylation is 1. The van der Waals surface area contributed by atoms with Gasteiger partial charge in [0, 0.05) is 12.1 Å². The number of ether oxygens (including phenoxy) is 1. The maximum atomic E-state index is 12.0. The summed E-state index contributed by atoms with van der Waals surface area (Å²) in [4.78, 5) is 13.0. The standard InChI is InChI=1S/C19H19N3O2S/c1-14-5-2-3-6-17(14)24-12-4-7-19(23)21-16-10-8-15(9-11-16)18-13-20-22-25-18/h2-3,5-6,8-11,13H,4,7,12H2,1H3,(H,21,23). The molecule has 0 bridgehead atoms. The van der Waals surface area contributed by atoms with Crippen molar-refractivity contribution in [1.82, 2.24) is 9.59 Å². The SMILES string of the molecule is Cc1ccccc1OCCCC(=O)Nc1ccc(-c2cnns2)cc1. The molecule has 5 nitrogen and oxygen atoms in total. The van der Waals surface area contributed by atoms with Crippen LogP contribution in [0.4, 0.5) is 5.69 Å².